The maximum atomic E-state index is 6.42. The van der Waals surface area contributed by atoms with Gasteiger partial charge in [-0.2, -0.15) is 0 Å². The number of nitrogens with two attached hydrogens (primary N) is 1. The van der Waals surface area contributed by atoms with Crippen LogP contribution in [-0.2, 0) is 12.8 Å². The molecule has 3 heteroatoms. The van der Waals surface area contributed by atoms with Crippen molar-refractivity contribution in [3.8, 4) is 0 Å². The van der Waals surface area contributed by atoms with Crippen LogP contribution < -0.4 is 5.73 Å². The van der Waals surface area contributed by atoms with Gasteiger partial charge in [-0.3, -0.25) is 0 Å². The fraction of sp³-hybridized carbons (Fsp3) is 0.429. The standard InChI is InChI=1S/C14H17NS2/c15-13(9-10-3-2-7-16-10)11-4-1-5-14-12(11)6-8-17-14/h2-3,6-8,11,13H,1,4-5,9,15H2. The lowest BCUT2D eigenvalue weighted by atomic mass is 9.81. The summed E-state index contributed by atoms with van der Waals surface area (Å²) in [7, 11) is 0. The Hall–Kier alpha value is -0.640. The summed E-state index contributed by atoms with van der Waals surface area (Å²) in [6, 6.07) is 6.88. The van der Waals surface area contributed by atoms with Gasteiger partial charge in [0.1, 0.15) is 0 Å². The van der Waals surface area contributed by atoms with E-state index in [9.17, 15) is 0 Å². The molecule has 0 radical (unpaired) electrons. The summed E-state index contributed by atoms with van der Waals surface area (Å²) in [6.07, 6.45) is 4.85. The molecule has 2 aromatic rings. The lowest BCUT2D eigenvalue weighted by Gasteiger charge is -2.27. The highest BCUT2D eigenvalue weighted by Crippen LogP contribution is 2.37. The van der Waals surface area contributed by atoms with Crippen LogP contribution in [0.4, 0.5) is 0 Å². The topological polar surface area (TPSA) is 26.0 Å². The lowest BCUT2D eigenvalue weighted by molar-refractivity contribution is 0.465. The van der Waals surface area contributed by atoms with Crippen LogP contribution in [0.2, 0.25) is 0 Å². The quantitative estimate of drug-likeness (QED) is 0.895. The first-order valence-corrected chi connectivity index (χ1v) is 7.95. The first-order valence-electron chi connectivity index (χ1n) is 6.19. The van der Waals surface area contributed by atoms with Crippen molar-refractivity contribution in [2.75, 3.05) is 0 Å². The zero-order valence-corrected chi connectivity index (χ0v) is 11.4. The predicted molar refractivity (Wildman–Crippen MR) is 76.0 cm³/mol. The van der Waals surface area contributed by atoms with Crippen molar-refractivity contribution in [1.29, 1.82) is 0 Å². The van der Waals surface area contributed by atoms with Gasteiger partial charge >= 0.3 is 0 Å². The van der Waals surface area contributed by atoms with Crippen molar-refractivity contribution in [2.45, 2.75) is 37.6 Å². The number of hydrogen-bond acceptors (Lipinski definition) is 3. The van der Waals surface area contributed by atoms with E-state index >= 15 is 0 Å². The zero-order chi connectivity index (χ0) is 11.7. The summed E-state index contributed by atoms with van der Waals surface area (Å²) >= 11 is 3.72. The van der Waals surface area contributed by atoms with Crippen LogP contribution in [0, 0.1) is 0 Å². The highest BCUT2D eigenvalue weighted by molar-refractivity contribution is 7.10. The smallest absolute Gasteiger partial charge is 0.0157 e. The molecule has 2 atom stereocenters. The molecule has 1 nitrogen and oxygen atoms in total. The summed E-state index contributed by atoms with van der Waals surface area (Å²) < 4.78 is 0. The predicted octanol–water partition coefficient (Wildman–Crippen LogP) is 3.80. The van der Waals surface area contributed by atoms with Crippen molar-refractivity contribution in [2.24, 2.45) is 5.73 Å². The first kappa shape index (κ1) is 11.5. The Labute approximate surface area is 110 Å². The Morgan fingerprint density at radius 1 is 1.29 bits per heavy atom. The van der Waals surface area contributed by atoms with Crippen LogP contribution in [0.5, 0.6) is 0 Å². The summed E-state index contributed by atoms with van der Waals surface area (Å²) in [4.78, 5) is 2.99. The molecule has 2 aromatic heterocycles. The van der Waals surface area contributed by atoms with Crippen LogP contribution in [0.3, 0.4) is 0 Å². The third kappa shape index (κ3) is 2.32. The maximum absolute atomic E-state index is 6.42. The van der Waals surface area contributed by atoms with E-state index in [0.29, 0.717) is 5.92 Å². The Morgan fingerprint density at radius 2 is 2.24 bits per heavy atom. The molecule has 0 aromatic carbocycles. The fourth-order valence-corrected chi connectivity index (χ4v) is 4.54. The molecule has 90 valence electrons. The van der Waals surface area contributed by atoms with Crippen LogP contribution in [0.25, 0.3) is 0 Å². The number of hydrogen-bond donors (Lipinski definition) is 1. The molecule has 2 N–H and O–H groups in total. The van der Waals surface area contributed by atoms with E-state index in [1.54, 1.807) is 4.88 Å². The zero-order valence-electron chi connectivity index (χ0n) is 9.76. The molecule has 0 fully saturated rings. The van der Waals surface area contributed by atoms with Gasteiger partial charge in [-0.15, -0.1) is 22.7 Å². The van der Waals surface area contributed by atoms with Gasteiger partial charge in [-0.1, -0.05) is 6.07 Å². The third-order valence-electron chi connectivity index (χ3n) is 3.63. The Kier molecular flexibility index (Phi) is 3.32. The largest absolute Gasteiger partial charge is 0.327 e. The third-order valence-corrected chi connectivity index (χ3v) is 5.53. The number of aryl methyl sites for hydroxylation is 1. The minimum Gasteiger partial charge on any atom is -0.327 e. The van der Waals surface area contributed by atoms with Crippen molar-refractivity contribution in [3.05, 3.63) is 44.3 Å². The van der Waals surface area contributed by atoms with Gasteiger partial charge in [0.05, 0.1) is 0 Å². The molecular formula is C14H17NS2. The highest BCUT2D eigenvalue weighted by atomic mass is 32.1. The van der Waals surface area contributed by atoms with Gasteiger partial charge in [0, 0.05) is 21.7 Å². The second-order valence-corrected chi connectivity index (χ2v) is 6.78. The molecule has 2 unspecified atom stereocenters. The van der Waals surface area contributed by atoms with E-state index in [0.717, 1.165) is 6.42 Å². The molecule has 3 rings (SSSR count). The van der Waals surface area contributed by atoms with E-state index in [2.05, 4.69) is 29.0 Å². The summed E-state index contributed by atoms with van der Waals surface area (Å²) in [5.74, 6) is 0.576. The van der Waals surface area contributed by atoms with Crippen molar-refractivity contribution in [3.63, 3.8) is 0 Å². The van der Waals surface area contributed by atoms with E-state index in [4.69, 9.17) is 5.73 Å². The average molecular weight is 263 g/mol. The summed E-state index contributed by atoms with van der Waals surface area (Å²) in [5.41, 5.74) is 7.96. The second kappa shape index (κ2) is 4.92. The van der Waals surface area contributed by atoms with Crippen molar-refractivity contribution >= 4 is 22.7 Å². The first-order chi connectivity index (χ1) is 8.34. The normalized spacial score (nSPS) is 21.1. The van der Waals surface area contributed by atoms with Gasteiger partial charge in [0.15, 0.2) is 0 Å². The second-order valence-electron chi connectivity index (χ2n) is 4.75. The van der Waals surface area contributed by atoms with Gasteiger partial charge in [-0.25, -0.2) is 0 Å². The molecule has 0 saturated heterocycles. The number of thiophene rings is 2. The number of fused-ring (bicyclic) bond motifs is 1. The van der Waals surface area contributed by atoms with Gasteiger partial charge in [0.25, 0.3) is 0 Å². The van der Waals surface area contributed by atoms with E-state index in [-0.39, 0.29) is 6.04 Å². The minimum atomic E-state index is 0.280. The Balaban J connectivity index is 1.77. The Morgan fingerprint density at radius 3 is 3.06 bits per heavy atom. The summed E-state index contributed by atoms with van der Waals surface area (Å²) in [6.45, 7) is 0. The van der Waals surface area contributed by atoms with Crippen molar-refractivity contribution in [1.82, 2.24) is 0 Å². The highest BCUT2D eigenvalue weighted by Gasteiger charge is 2.26. The minimum absolute atomic E-state index is 0.280. The number of rotatable bonds is 3. The Bertz CT molecular complexity index is 472. The molecule has 1 aliphatic rings. The van der Waals surface area contributed by atoms with Crippen molar-refractivity contribution < 1.29 is 0 Å². The molecule has 0 amide bonds. The van der Waals surface area contributed by atoms with Crippen LogP contribution in [0.15, 0.2) is 29.0 Å². The lowest BCUT2D eigenvalue weighted by Crippen LogP contribution is -2.32. The van der Waals surface area contributed by atoms with Gasteiger partial charge in [0.2, 0.25) is 0 Å². The molecule has 17 heavy (non-hydrogen) atoms. The van der Waals surface area contributed by atoms with Crippen LogP contribution >= 0.6 is 22.7 Å². The molecular weight excluding hydrogens is 246 g/mol. The van der Waals surface area contributed by atoms with Crippen LogP contribution in [-0.4, -0.2) is 6.04 Å². The van der Waals surface area contributed by atoms with E-state index < -0.39 is 0 Å². The monoisotopic (exact) mass is 263 g/mol. The molecule has 0 bridgehead atoms. The molecule has 0 aliphatic heterocycles. The maximum Gasteiger partial charge on any atom is 0.0157 e. The molecule has 0 saturated carbocycles. The fourth-order valence-electron chi connectivity index (χ4n) is 2.77. The molecule has 1 aliphatic carbocycles. The summed E-state index contributed by atoms with van der Waals surface area (Å²) in [5, 5.41) is 4.36. The van der Waals surface area contributed by atoms with E-state index in [1.165, 1.54) is 29.7 Å². The van der Waals surface area contributed by atoms with Gasteiger partial charge in [-0.05, 0) is 54.1 Å². The SMILES string of the molecule is NC(Cc1cccs1)C1CCCc2sccc21. The average Bonchev–Trinajstić information content (AvgIpc) is 2.97. The van der Waals surface area contributed by atoms with Gasteiger partial charge < -0.3 is 5.73 Å². The molecule has 2 heterocycles. The molecule has 0 spiro atoms. The van der Waals surface area contributed by atoms with Crippen LogP contribution in [0.1, 0.15) is 34.1 Å². The van der Waals surface area contributed by atoms with E-state index in [1.807, 2.05) is 22.7 Å².